The number of hydrogen-bond donors (Lipinski definition) is 1. The van der Waals surface area contributed by atoms with Crippen molar-refractivity contribution in [2.75, 3.05) is 18.6 Å². The van der Waals surface area contributed by atoms with E-state index in [0.717, 1.165) is 11.9 Å². The van der Waals surface area contributed by atoms with Crippen molar-refractivity contribution in [2.24, 2.45) is 0 Å². The summed E-state index contributed by atoms with van der Waals surface area (Å²) >= 11 is 0. The second-order valence-electron chi connectivity index (χ2n) is 4.52. The van der Waals surface area contributed by atoms with E-state index in [2.05, 4.69) is 5.32 Å². The van der Waals surface area contributed by atoms with Crippen LogP contribution >= 0.6 is 0 Å². The molecule has 0 bridgehead atoms. The SMILES string of the molecule is CS(=O)(=O)CCNC(=O)c1ccc(-n2cccc2)cc1. The lowest BCUT2D eigenvalue weighted by Crippen LogP contribution is -2.28. The van der Waals surface area contributed by atoms with Gasteiger partial charge in [0.25, 0.3) is 5.91 Å². The second-order valence-corrected chi connectivity index (χ2v) is 6.78. The monoisotopic (exact) mass is 292 g/mol. The molecule has 0 atom stereocenters. The Bertz CT molecular complexity index is 674. The van der Waals surface area contributed by atoms with Gasteiger partial charge < -0.3 is 9.88 Å². The lowest BCUT2D eigenvalue weighted by molar-refractivity contribution is 0.0956. The van der Waals surface area contributed by atoms with Gasteiger partial charge in [0.1, 0.15) is 9.84 Å². The van der Waals surface area contributed by atoms with Gasteiger partial charge in [-0.3, -0.25) is 4.79 Å². The van der Waals surface area contributed by atoms with Gasteiger partial charge in [0.2, 0.25) is 0 Å². The van der Waals surface area contributed by atoms with E-state index in [-0.39, 0.29) is 18.2 Å². The lowest BCUT2D eigenvalue weighted by Gasteiger charge is -2.06. The zero-order valence-corrected chi connectivity index (χ0v) is 11.9. The molecule has 6 heteroatoms. The first-order valence-electron chi connectivity index (χ1n) is 6.15. The van der Waals surface area contributed by atoms with E-state index in [0.29, 0.717) is 5.56 Å². The number of aromatic nitrogens is 1. The maximum atomic E-state index is 11.8. The molecule has 0 unspecified atom stereocenters. The highest BCUT2D eigenvalue weighted by Gasteiger charge is 2.07. The third-order valence-electron chi connectivity index (χ3n) is 2.79. The van der Waals surface area contributed by atoms with Crippen molar-refractivity contribution in [2.45, 2.75) is 0 Å². The van der Waals surface area contributed by atoms with Crippen LogP contribution in [0.1, 0.15) is 10.4 Å². The lowest BCUT2D eigenvalue weighted by atomic mass is 10.2. The van der Waals surface area contributed by atoms with Gasteiger partial charge in [-0.2, -0.15) is 0 Å². The summed E-state index contributed by atoms with van der Waals surface area (Å²) < 4.78 is 23.9. The Morgan fingerprint density at radius 2 is 1.75 bits per heavy atom. The number of rotatable bonds is 5. The number of sulfone groups is 1. The third-order valence-corrected chi connectivity index (χ3v) is 3.74. The molecule has 1 N–H and O–H groups in total. The highest BCUT2D eigenvalue weighted by Crippen LogP contribution is 2.09. The molecule has 1 heterocycles. The van der Waals surface area contributed by atoms with Gasteiger partial charge in [-0.15, -0.1) is 0 Å². The van der Waals surface area contributed by atoms with Crippen molar-refractivity contribution in [3.05, 3.63) is 54.4 Å². The van der Waals surface area contributed by atoms with E-state index >= 15 is 0 Å². The number of amides is 1. The Morgan fingerprint density at radius 1 is 1.15 bits per heavy atom. The normalized spacial score (nSPS) is 11.2. The van der Waals surface area contributed by atoms with E-state index in [9.17, 15) is 13.2 Å². The van der Waals surface area contributed by atoms with Gasteiger partial charge in [0.15, 0.2) is 0 Å². The van der Waals surface area contributed by atoms with Crippen molar-refractivity contribution in [1.29, 1.82) is 0 Å². The molecular formula is C14H16N2O3S. The Hall–Kier alpha value is -2.08. The second kappa shape index (κ2) is 5.92. The average molecular weight is 292 g/mol. The van der Waals surface area contributed by atoms with Gasteiger partial charge in [-0.05, 0) is 36.4 Å². The van der Waals surface area contributed by atoms with Crippen LogP contribution in [0.3, 0.4) is 0 Å². The first-order valence-corrected chi connectivity index (χ1v) is 8.21. The molecule has 1 aromatic heterocycles. The standard InChI is InChI=1S/C14H16N2O3S/c1-20(18,19)11-8-15-14(17)12-4-6-13(7-5-12)16-9-2-3-10-16/h2-7,9-10H,8,11H2,1H3,(H,15,17). The maximum absolute atomic E-state index is 11.8. The molecule has 20 heavy (non-hydrogen) atoms. The number of nitrogens with zero attached hydrogens (tertiary/aromatic N) is 1. The van der Waals surface area contributed by atoms with Crippen LogP contribution in [0.2, 0.25) is 0 Å². The summed E-state index contributed by atoms with van der Waals surface area (Å²) in [6.07, 6.45) is 4.98. The molecule has 1 aromatic carbocycles. The van der Waals surface area contributed by atoms with E-state index < -0.39 is 9.84 Å². The highest BCUT2D eigenvalue weighted by molar-refractivity contribution is 7.90. The Kier molecular flexibility index (Phi) is 4.24. The minimum absolute atomic E-state index is 0.0554. The van der Waals surface area contributed by atoms with E-state index in [1.165, 1.54) is 0 Å². The summed E-state index contributed by atoms with van der Waals surface area (Å²) in [6, 6.07) is 10.9. The fourth-order valence-electron chi connectivity index (χ4n) is 1.74. The largest absolute Gasteiger partial charge is 0.351 e. The van der Waals surface area contributed by atoms with Crippen molar-refractivity contribution in [3.63, 3.8) is 0 Å². The molecule has 5 nitrogen and oxygen atoms in total. The Labute approximate surface area is 118 Å². The Balaban J connectivity index is 1.98. The topological polar surface area (TPSA) is 68.2 Å². The molecule has 1 amide bonds. The average Bonchev–Trinajstić information content (AvgIpc) is 2.91. The van der Waals surface area contributed by atoms with Crippen LogP contribution in [0.25, 0.3) is 5.69 Å². The molecular weight excluding hydrogens is 276 g/mol. The maximum Gasteiger partial charge on any atom is 0.251 e. The smallest absolute Gasteiger partial charge is 0.251 e. The van der Waals surface area contributed by atoms with Crippen molar-refractivity contribution >= 4 is 15.7 Å². The molecule has 0 aliphatic heterocycles. The van der Waals surface area contributed by atoms with Gasteiger partial charge in [-0.1, -0.05) is 0 Å². The molecule has 0 radical (unpaired) electrons. The quantitative estimate of drug-likeness (QED) is 0.902. The van der Waals surface area contributed by atoms with Gasteiger partial charge >= 0.3 is 0 Å². The van der Waals surface area contributed by atoms with Crippen LogP contribution in [0.5, 0.6) is 0 Å². The number of carbonyl (C=O) groups is 1. The van der Waals surface area contributed by atoms with Crippen LogP contribution in [0.4, 0.5) is 0 Å². The highest BCUT2D eigenvalue weighted by atomic mass is 32.2. The van der Waals surface area contributed by atoms with Gasteiger partial charge in [0.05, 0.1) is 5.75 Å². The fourth-order valence-corrected chi connectivity index (χ4v) is 2.22. The van der Waals surface area contributed by atoms with Crippen LogP contribution in [0, 0.1) is 0 Å². The molecule has 2 rings (SSSR count). The zero-order chi connectivity index (χ0) is 14.6. The number of hydrogen-bond acceptors (Lipinski definition) is 3. The summed E-state index contributed by atoms with van der Waals surface area (Å²) in [4.78, 5) is 11.8. The molecule has 0 saturated carbocycles. The molecule has 0 spiro atoms. The van der Waals surface area contributed by atoms with E-state index in [1.807, 2.05) is 41.2 Å². The van der Waals surface area contributed by atoms with Crippen molar-refractivity contribution in [3.8, 4) is 5.69 Å². The van der Waals surface area contributed by atoms with Crippen LogP contribution in [0.15, 0.2) is 48.8 Å². The number of benzene rings is 1. The first-order chi connectivity index (χ1) is 9.46. The fraction of sp³-hybridized carbons (Fsp3) is 0.214. The third kappa shape index (κ3) is 3.96. The predicted octanol–water partition coefficient (Wildman–Crippen LogP) is 1.25. The van der Waals surface area contributed by atoms with Crippen molar-refractivity contribution < 1.29 is 13.2 Å². The van der Waals surface area contributed by atoms with Gasteiger partial charge in [0, 0.05) is 36.4 Å². The van der Waals surface area contributed by atoms with Gasteiger partial charge in [-0.25, -0.2) is 8.42 Å². The minimum Gasteiger partial charge on any atom is -0.351 e. The summed E-state index contributed by atoms with van der Waals surface area (Å²) in [5.41, 5.74) is 1.47. The number of nitrogens with one attached hydrogen (secondary N) is 1. The van der Waals surface area contributed by atoms with Crippen molar-refractivity contribution in [1.82, 2.24) is 9.88 Å². The minimum atomic E-state index is -3.06. The molecule has 106 valence electrons. The zero-order valence-electron chi connectivity index (χ0n) is 11.1. The summed E-state index contributed by atoms with van der Waals surface area (Å²) in [6.45, 7) is 0.122. The van der Waals surface area contributed by atoms with Crippen LogP contribution in [-0.4, -0.2) is 37.4 Å². The van der Waals surface area contributed by atoms with Crippen LogP contribution < -0.4 is 5.32 Å². The predicted molar refractivity (Wildman–Crippen MR) is 77.8 cm³/mol. The van der Waals surface area contributed by atoms with Crippen LogP contribution in [-0.2, 0) is 9.84 Å². The number of carbonyl (C=O) groups excluding carboxylic acids is 1. The van der Waals surface area contributed by atoms with E-state index in [1.54, 1.807) is 12.1 Å². The molecule has 0 fully saturated rings. The summed E-state index contributed by atoms with van der Waals surface area (Å²) in [7, 11) is -3.06. The molecule has 0 aliphatic carbocycles. The molecule has 2 aromatic rings. The first kappa shape index (κ1) is 14.3. The van der Waals surface area contributed by atoms with E-state index in [4.69, 9.17) is 0 Å². The summed E-state index contributed by atoms with van der Waals surface area (Å²) in [5.74, 6) is -0.326. The molecule has 0 saturated heterocycles. The summed E-state index contributed by atoms with van der Waals surface area (Å²) in [5, 5.41) is 2.58. The Morgan fingerprint density at radius 3 is 2.30 bits per heavy atom. The molecule has 0 aliphatic rings.